The van der Waals surface area contributed by atoms with Gasteiger partial charge < -0.3 is 15.5 Å². The number of halogens is 1. The van der Waals surface area contributed by atoms with Crippen LogP contribution < -0.4 is 10.6 Å². The second kappa shape index (κ2) is 10.1. The molecule has 7 heteroatoms. The van der Waals surface area contributed by atoms with Gasteiger partial charge in [-0.2, -0.15) is 0 Å². The van der Waals surface area contributed by atoms with Crippen LogP contribution in [0.3, 0.4) is 0 Å². The van der Waals surface area contributed by atoms with Gasteiger partial charge in [0.15, 0.2) is 0 Å². The van der Waals surface area contributed by atoms with Gasteiger partial charge in [0.05, 0.1) is 0 Å². The summed E-state index contributed by atoms with van der Waals surface area (Å²) < 4.78 is 0. The van der Waals surface area contributed by atoms with Crippen LogP contribution in [0.25, 0.3) is 0 Å². The van der Waals surface area contributed by atoms with Gasteiger partial charge in [0.25, 0.3) is 11.8 Å². The maximum atomic E-state index is 12.3. The van der Waals surface area contributed by atoms with Crippen LogP contribution in [0.5, 0.6) is 0 Å². The van der Waals surface area contributed by atoms with Crippen molar-refractivity contribution in [2.45, 2.75) is 25.7 Å². The number of carbonyl (C=O) groups is 3. The Bertz CT molecular complexity index is 860. The lowest BCUT2D eigenvalue weighted by atomic mass is 10.1. The molecule has 2 aromatic rings. The van der Waals surface area contributed by atoms with E-state index in [1.54, 1.807) is 48.5 Å². The predicted molar refractivity (Wildman–Crippen MR) is 113 cm³/mol. The van der Waals surface area contributed by atoms with Crippen molar-refractivity contribution in [1.29, 1.82) is 0 Å². The zero-order chi connectivity index (χ0) is 20.6. The fraction of sp³-hybridized carbons (Fsp3) is 0.318. The van der Waals surface area contributed by atoms with Crippen molar-refractivity contribution in [2.24, 2.45) is 0 Å². The highest BCUT2D eigenvalue weighted by Gasteiger charge is 2.19. The fourth-order valence-electron chi connectivity index (χ4n) is 3.18. The summed E-state index contributed by atoms with van der Waals surface area (Å²) in [6, 6.07) is 13.6. The van der Waals surface area contributed by atoms with Gasteiger partial charge in [-0.1, -0.05) is 11.6 Å². The number of hydrogen-bond acceptors (Lipinski definition) is 3. The number of hydrogen-bond donors (Lipinski definition) is 2. The van der Waals surface area contributed by atoms with E-state index in [2.05, 4.69) is 10.6 Å². The molecular weight excluding hydrogens is 390 g/mol. The van der Waals surface area contributed by atoms with Crippen LogP contribution in [0.1, 0.15) is 46.4 Å². The van der Waals surface area contributed by atoms with Crippen LogP contribution in [0.4, 0.5) is 5.69 Å². The van der Waals surface area contributed by atoms with E-state index in [1.807, 2.05) is 4.90 Å². The predicted octanol–water partition coefficient (Wildman–Crippen LogP) is 3.72. The largest absolute Gasteiger partial charge is 0.352 e. The van der Waals surface area contributed by atoms with E-state index in [9.17, 15) is 14.4 Å². The van der Waals surface area contributed by atoms with Gasteiger partial charge in [0.2, 0.25) is 5.91 Å². The van der Waals surface area contributed by atoms with Gasteiger partial charge in [-0.25, -0.2) is 0 Å². The molecule has 3 rings (SSSR count). The molecule has 1 aliphatic rings. The van der Waals surface area contributed by atoms with Crippen molar-refractivity contribution in [1.82, 2.24) is 10.2 Å². The smallest absolute Gasteiger partial charge is 0.253 e. The summed E-state index contributed by atoms with van der Waals surface area (Å²) in [6.07, 6.45) is 2.92. The highest BCUT2D eigenvalue weighted by molar-refractivity contribution is 6.30. The minimum Gasteiger partial charge on any atom is -0.352 e. The number of rotatable bonds is 7. The van der Waals surface area contributed by atoms with E-state index in [1.165, 1.54) is 0 Å². The van der Waals surface area contributed by atoms with Crippen molar-refractivity contribution in [3.63, 3.8) is 0 Å². The molecule has 1 saturated heterocycles. The Morgan fingerprint density at radius 2 is 1.52 bits per heavy atom. The molecular formula is C22H24ClN3O3. The molecule has 2 aromatic carbocycles. The molecule has 3 amide bonds. The zero-order valence-electron chi connectivity index (χ0n) is 16.1. The minimum atomic E-state index is -0.194. The number of benzene rings is 2. The maximum Gasteiger partial charge on any atom is 0.253 e. The second-order valence-electron chi connectivity index (χ2n) is 6.99. The van der Waals surface area contributed by atoms with Crippen LogP contribution in [0.2, 0.25) is 5.02 Å². The summed E-state index contributed by atoms with van der Waals surface area (Å²) in [6.45, 7) is 2.02. The molecule has 0 spiro atoms. The number of anilines is 1. The number of nitrogens with zero attached hydrogens (tertiary/aromatic N) is 1. The van der Waals surface area contributed by atoms with Gasteiger partial charge in [-0.15, -0.1) is 0 Å². The Labute approximate surface area is 175 Å². The lowest BCUT2D eigenvalue weighted by Gasteiger charge is -2.15. The molecule has 2 N–H and O–H groups in total. The van der Waals surface area contributed by atoms with Crippen LogP contribution in [-0.4, -0.2) is 42.3 Å². The number of likely N-dealkylation sites (tertiary alicyclic amines) is 1. The van der Waals surface area contributed by atoms with E-state index in [0.717, 1.165) is 25.9 Å². The quantitative estimate of drug-likeness (QED) is 0.679. The zero-order valence-corrected chi connectivity index (χ0v) is 16.9. The Balaban J connectivity index is 1.38. The van der Waals surface area contributed by atoms with Gasteiger partial charge in [-0.05, 0) is 67.8 Å². The SMILES string of the molecule is O=C(CCCNC(=O)c1ccc(Cl)cc1)Nc1ccc(C(=O)N2CCCC2)cc1. The summed E-state index contributed by atoms with van der Waals surface area (Å²) in [4.78, 5) is 38.2. The fourth-order valence-corrected chi connectivity index (χ4v) is 3.30. The van der Waals surface area contributed by atoms with Gasteiger partial charge in [0.1, 0.15) is 0 Å². The van der Waals surface area contributed by atoms with Crippen molar-refractivity contribution in [3.05, 3.63) is 64.7 Å². The number of carbonyl (C=O) groups excluding carboxylic acids is 3. The molecule has 152 valence electrons. The lowest BCUT2D eigenvalue weighted by Crippen LogP contribution is -2.27. The van der Waals surface area contributed by atoms with Crippen molar-refractivity contribution in [2.75, 3.05) is 25.0 Å². The summed E-state index contributed by atoms with van der Waals surface area (Å²) >= 11 is 5.80. The van der Waals surface area contributed by atoms with E-state index in [0.29, 0.717) is 34.8 Å². The Morgan fingerprint density at radius 3 is 2.17 bits per heavy atom. The molecule has 29 heavy (non-hydrogen) atoms. The molecule has 1 fully saturated rings. The third-order valence-corrected chi connectivity index (χ3v) is 5.03. The maximum absolute atomic E-state index is 12.3. The molecule has 0 unspecified atom stereocenters. The molecule has 1 heterocycles. The Kier molecular flexibility index (Phi) is 7.25. The van der Waals surface area contributed by atoms with Gasteiger partial charge in [-0.3, -0.25) is 14.4 Å². The van der Waals surface area contributed by atoms with Crippen LogP contribution in [-0.2, 0) is 4.79 Å². The van der Waals surface area contributed by atoms with Crippen LogP contribution in [0, 0.1) is 0 Å². The topological polar surface area (TPSA) is 78.5 Å². The van der Waals surface area contributed by atoms with E-state index in [-0.39, 0.29) is 24.1 Å². The first-order valence-corrected chi connectivity index (χ1v) is 10.1. The van der Waals surface area contributed by atoms with Crippen molar-refractivity contribution >= 4 is 35.0 Å². The first-order valence-electron chi connectivity index (χ1n) is 9.76. The van der Waals surface area contributed by atoms with E-state index >= 15 is 0 Å². The van der Waals surface area contributed by atoms with Gasteiger partial charge >= 0.3 is 0 Å². The third-order valence-electron chi connectivity index (χ3n) is 4.78. The Morgan fingerprint density at radius 1 is 0.897 bits per heavy atom. The normalized spacial score (nSPS) is 13.2. The molecule has 0 aliphatic carbocycles. The first kappa shape index (κ1) is 20.9. The highest BCUT2D eigenvalue weighted by Crippen LogP contribution is 2.16. The first-order chi connectivity index (χ1) is 14.0. The molecule has 0 radical (unpaired) electrons. The van der Waals surface area contributed by atoms with E-state index < -0.39 is 0 Å². The monoisotopic (exact) mass is 413 g/mol. The van der Waals surface area contributed by atoms with Crippen molar-refractivity contribution in [3.8, 4) is 0 Å². The molecule has 6 nitrogen and oxygen atoms in total. The average molecular weight is 414 g/mol. The number of amides is 3. The Hall–Kier alpha value is -2.86. The van der Waals surface area contributed by atoms with Crippen LogP contribution >= 0.6 is 11.6 Å². The van der Waals surface area contributed by atoms with Crippen molar-refractivity contribution < 1.29 is 14.4 Å². The summed E-state index contributed by atoms with van der Waals surface area (Å²) in [5.41, 5.74) is 1.82. The standard InChI is InChI=1S/C22H24ClN3O3/c23-18-9-5-16(6-10-18)21(28)24-13-3-4-20(27)25-19-11-7-17(8-12-19)22(29)26-14-1-2-15-26/h5-12H,1-4,13-15H2,(H,24,28)(H,25,27). The summed E-state index contributed by atoms with van der Waals surface area (Å²) in [7, 11) is 0. The molecule has 0 aromatic heterocycles. The summed E-state index contributed by atoms with van der Waals surface area (Å²) in [5, 5.41) is 6.17. The number of nitrogens with one attached hydrogen (secondary N) is 2. The second-order valence-corrected chi connectivity index (χ2v) is 7.43. The lowest BCUT2D eigenvalue weighted by molar-refractivity contribution is -0.116. The minimum absolute atomic E-state index is 0.0387. The molecule has 1 aliphatic heterocycles. The van der Waals surface area contributed by atoms with Crippen LogP contribution in [0.15, 0.2) is 48.5 Å². The third kappa shape index (κ3) is 6.06. The highest BCUT2D eigenvalue weighted by atomic mass is 35.5. The summed E-state index contributed by atoms with van der Waals surface area (Å²) in [5.74, 6) is -0.290. The van der Waals surface area contributed by atoms with Gasteiger partial charge in [0, 0.05) is 47.9 Å². The molecule has 0 bridgehead atoms. The average Bonchev–Trinajstić information content (AvgIpc) is 3.26. The molecule has 0 atom stereocenters. The molecule has 0 saturated carbocycles. The van der Waals surface area contributed by atoms with E-state index in [4.69, 9.17) is 11.6 Å².